The highest BCUT2D eigenvalue weighted by Gasteiger charge is 2.14. The zero-order chi connectivity index (χ0) is 15.4. The number of aromatic nitrogens is 2. The second kappa shape index (κ2) is 6.36. The number of nitriles is 1. The lowest BCUT2D eigenvalue weighted by Gasteiger charge is -2.24. The van der Waals surface area contributed by atoms with Crippen molar-refractivity contribution in [1.29, 1.82) is 5.26 Å². The Balaban J connectivity index is 2.40. The molecule has 0 saturated carbocycles. The molecule has 4 heteroatoms. The third-order valence-electron chi connectivity index (χ3n) is 3.44. The topological polar surface area (TPSA) is 52.8 Å². The minimum atomic E-state index is 0.648. The van der Waals surface area contributed by atoms with Crippen molar-refractivity contribution < 1.29 is 0 Å². The first-order valence-corrected chi connectivity index (χ1v) is 7.11. The highest BCUT2D eigenvalue weighted by atomic mass is 15.1. The average Bonchev–Trinajstić information content (AvgIpc) is 2.44. The standard InChI is InChI=1S/C17H20N4/c1-5-21(11-15-8-6-7-12(2)20-15)17-9-13(3)19-14(4)16(17)10-18/h6-9H,5,11H2,1-4H3. The van der Waals surface area contributed by atoms with Crippen LogP contribution in [0.4, 0.5) is 5.69 Å². The quantitative estimate of drug-likeness (QED) is 0.862. The maximum absolute atomic E-state index is 9.41. The van der Waals surface area contributed by atoms with E-state index in [2.05, 4.69) is 27.9 Å². The molecule has 0 N–H and O–H groups in total. The molecule has 0 aromatic carbocycles. The van der Waals surface area contributed by atoms with E-state index in [-0.39, 0.29) is 0 Å². The zero-order valence-corrected chi connectivity index (χ0v) is 13.0. The molecule has 0 unspecified atom stereocenters. The van der Waals surface area contributed by atoms with Gasteiger partial charge in [0.1, 0.15) is 6.07 Å². The van der Waals surface area contributed by atoms with Gasteiger partial charge in [0.05, 0.1) is 29.2 Å². The summed E-state index contributed by atoms with van der Waals surface area (Å²) in [6.07, 6.45) is 0. The third kappa shape index (κ3) is 3.38. The van der Waals surface area contributed by atoms with Gasteiger partial charge in [-0.25, -0.2) is 0 Å². The van der Waals surface area contributed by atoms with E-state index in [1.807, 2.05) is 45.0 Å². The first-order valence-electron chi connectivity index (χ1n) is 7.11. The van der Waals surface area contributed by atoms with Crippen molar-refractivity contribution in [3.63, 3.8) is 0 Å². The summed E-state index contributed by atoms with van der Waals surface area (Å²) in [5.74, 6) is 0. The molecule has 0 radical (unpaired) electrons. The SMILES string of the molecule is CCN(Cc1cccc(C)n1)c1cc(C)nc(C)c1C#N. The molecular weight excluding hydrogens is 260 g/mol. The molecule has 2 heterocycles. The predicted molar refractivity (Wildman–Crippen MR) is 84.1 cm³/mol. The van der Waals surface area contributed by atoms with E-state index in [0.29, 0.717) is 12.1 Å². The number of hydrogen-bond acceptors (Lipinski definition) is 4. The Hall–Kier alpha value is -2.41. The lowest BCUT2D eigenvalue weighted by Crippen LogP contribution is -2.24. The fourth-order valence-electron chi connectivity index (χ4n) is 2.45. The van der Waals surface area contributed by atoms with E-state index in [1.54, 1.807) is 0 Å². The molecule has 2 aromatic heterocycles. The van der Waals surface area contributed by atoms with Crippen molar-refractivity contribution in [2.75, 3.05) is 11.4 Å². The highest BCUT2D eigenvalue weighted by molar-refractivity contribution is 5.61. The maximum atomic E-state index is 9.41. The van der Waals surface area contributed by atoms with Crippen LogP contribution in [-0.2, 0) is 6.54 Å². The van der Waals surface area contributed by atoms with Crippen LogP contribution in [0.15, 0.2) is 24.3 Å². The van der Waals surface area contributed by atoms with Crippen LogP contribution >= 0.6 is 0 Å². The second-order valence-corrected chi connectivity index (χ2v) is 5.14. The minimum absolute atomic E-state index is 0.648. The van der Waals surface area contributed by atoms with Gasteiger partial charge in [-0.2, -0.15) is 5.26 Å². The molecule has 2 aromatic rings. The van der Waals surface area contributed by atoms with Crippen LogP contribution < -0.4 is 4.90 Å². The minimum Gasteiger partial charge on any atom is -0.365 e. The Morgan fingerprint density at radius 3 is 2.52 bits per heavy atom. The molecule has 21 heavy (non-hydrogen) atoms. The average molecular weight is 280 g/mol. The van der Waals surface area contributed by atoms with E-state index >= 15 is 0 Å². The van der Waals surface area contributed by atoms with Gasteiger partial charge in [0, 0.05) is 17.9 Å². The highest BCUT2D eigenvalue weighted by Crippen LogP contribution is 2.24. The number of hydrogen-bond donors (Lipinski definition) is 0. The van der Waals surface area contributed by atoms with E-state index in [4.69, 9.17) is 0 Å². The summed E-state index contributed by atoms with van der Waals surface area (Å²) >= 11 is 0. The Kier molecular flexibility index (Phi) is 4.54. The summed E-state index contributed by atoms with van der Waals surface area (Å²) in [6, 6.07) is 10.3. The molecule has 0 atom stereocenters. The van der Waals surface area contributed by atoms with Crippen LogP contribution in [0.25, 0.3) is 0 Å². The van der Waals surface area contributed by atoms with E-state index in [0.717, 1.165) is 35.0 Å². The van der Waals surface area contributed by atoms with E-state index in [1.165, 1.54) is 0 Å². The molecule has 0 saturated heterocycles. The van der Waals surface area contributed by atoms with Crippen molar-refractivity contribution >= 4 is 5.69 Å². The van der Waals surface area contributed by atoms with E-state index < -0.39 is 0 Å². The van der Waals surface area contributed by atoms with Crippen LogP contribution in [0.1, 0.15) is 35.3 Å². The molecule has 0 aliphatic heterocycles. The number of pyridine rings is 2. The first-order chi connectivity index (χ1) is 10.0. The molecule has 108 valence electrons. The van der Waals surface area contributed by atoms with Gasteiger partial charge in [-0.15, -0.1) is 0 Å². The second-order valence-electron chi connectivity index (χ2n) is 5.14. The van der Waals surface area contributed by atoms with Crippen LogP contribution in [0.5, 0.6) is 0 Å². The predicted octanol–water partition coefficient (Wildman–Crippen LogP) is 3.30. The Morgan fingerprint density at radius 1 is 1.14 bits per heavy atom. The Bertz CT molecular complexity index is 686. The van der Waals surface area contributed by atoms with Crippen LogP contribution in [0.3, 0.4) is 0 Å². The normalized spacial score (nSPS) is 10.2. The summed E-state index contributed by atoms with van der Waals surface area (Å²) in [5.41, 5.74) is 5.31. The maximum Gasteiger partial charge on any atom is 0.103 e. The van der Waals surface area contributed by atoms with Crippen molar-refractivity contribution in [1.82, 2.24) is 9.97 Å². The van der Waals surface area contributed by atoms with Crippen molar-refractivity contribution in [3.05, 3.63) is 52.6 Å². The molecular formula is C17H20N4. The van der Waals surface area contributed by atoms with E-state index in [9.17, 15) is 5.26 Å². The lowest BCUT2D eigenvalue weighted by molar-refractivity contribution is 0.800. The first kappa shape index (κ1) is 15.0. The molecule has 0 amide bonds. The summed E-state index contributed by atoms with van der Waals surface area (Å²) < 4.78 is 0. The van der Waals surface area contributed by atoms with Gasteiger partial charge in [0.25, 0.3) is 0 Å². The van der Waals surface area contributed by atoms with Crippen molar-refractivity contribution in [2.24, 2.45) is 0 Å². The summed E-state index contributed by atoms with van der Waals surface area (Å²) in [5, 5.41) is 9.41. The van der Waals surface area contributed by atoms with Crippen LogP contribution in [0.2, 0.25) is 0 Å². The summed E-state index contributed by atoms with van der Waals surface area (Å²) in [7, 11) is 0. The molecule has 4 nitrogen and oxygen atoms in total. The van der Waals surface area contributed by atoms with Gasteiger partial charge in [-0.1, -0.05) is 6.07 Å². The van der Waals surface area contributed by atoms with Crippen LogP contribution in [0, 0.1) is 32.1 Å². The van der Waals surface area contributed by atoms with Gasteiger partial charge < -0.3 is 4.90 Å². The number of rotatable bonds is 4. The largest absolute Gasteiger partial charge is 0.365 e. The molecule has 0 aliphatic carbocycles. The Labute approximate surface area is 126 Å². The van der Waals surface area contributed by atoms with Gasteiger partial charge >= 0.3 is 0 Å². The van der Waals surface area contributed by atoms with Crippen molar-refractivity contribution in [2.45, 2.75) is 34.2 Å². The van der Waals surface area contributed by atoms with Gasteiger partial charge in [-0.3, -0.25) is 9.97 Å². The van der Waals surface area contributed by atoms with Gasteiger partial charge in [0.2, 0.25) is 0 Å². The summed E-state index contributed by atoms with van der Waals surface area (Å²) in [4.78, 5) is 11.1. The number of anilines is 1. The zero-order valence-electron chi connectivity index (χ0n) is 13.0. The molecule has 0 fully saturated rings. The van der Waals surface area contributed by atoms with Crippen LogP contribution in [-0.4, -0.2) is 16.5 Å². The third-order valence-corrected chi connectivity index (χ3v) is 3.44. The molecule has 0 spiro atoms. The summed E-state index contributed by atoms with van der Waals surface area (Å²) in [6.45, 7) is 9.41. The van der Waals surface area contributed by atoms with Crippen molar-refractivity contribution in [3.8, 4) is 6.07 Å². The molecule has 0 aliphatic rings. The Morgan fingerprint density at radius 2 is 1.90 bits per heavy atom. The molecule has 2 rings (SSSR count). The monoisotopic (exact) mass is 280 g/mol. The fourth-order valence-corrected chi connectivity index (χ4v) is 2.45. The smallest absolute Gasteiger partial charge is 0.103 e. The van der Waals surface area contributed by atoms with Gasteiger partial charge in [-0.05, 0) is 45.9 Å². The fraction of sp³-hybridized carbons (Fsp3) is 0.353. The number of aryl methyl sites for hydroxylation is 3. The lowest BCUT2D eigenvalue weighted by atomic mass is 10.1. The number of nitrogens with zero attached hydrogens (tertiary/aromatic N) is 4. The van der Waals surface area contributed by atoms with Gasteiger partial charge in [0.15, 0.2) is 0 Å². The molecule has 0 bridgehead atoms.